The lowest BCUT2D eigenvalue weighted by Gasteiger charge is -2.19. The maximum Gasteiger partial charge on any atom is 0.253 e. The van der Waals surface area contributed by atoms with Gasteiger partial charge in [0.25, 0.3) is 5.91 Å². The number of anilines is 1. The Labute approximate surface area is 188 Å². The Morgan fingerprint density at radius 2 is 1.97 bits per heavy atom. The van der Waals surface area contributed by atoms with Crippen LogP contribution in [0.4, 0.5) is 5.82 Å². The van der Waals surface area contributed by atoms with E-state index in [4.69, 9.17) is 8.83 Å². The first-order valence-electron chi connectivity index (χ1n) is 10.3. The fraction of sp³-hybridized carbons (Fsp3) is 0.217. The van der Waals surface area contributed by atoms with E-state index in [-0.39, 0.29) is 17.7 Å². The molecule has 8 nitrogen and oxygen atoms in total. The van der Waals surface area contributed by atoms with Crippen molar-refractivity contribution >= 4 is 40.1 Å². The second kappa shape index (κ2) is 8.88. The molecule has 1 aliphatic heterocycles. The van der Waals surface area contributed by atoms with Gasteiger partial charge in [0.15, 0.2) is 5.16 Å². The molecule has 0 aliphatic carbocycles. The second-order valence-electron chi connectivity index (χ2n) is 7.19. The summed E-state index contributed by atoms with van der Waals surface area (Å²) in [6.07, 6.45) is 3.72. The van der Waals surface area contributed by atoms with Gasteiger partial charge in [0.2, 0.25) is 0 Å². The van der Waals surface area contributed by atoms with E-state index in [0.717, 1.165) is 23.3 Å². The normalized spacial score (nSPS) is 15.8. The summed E-state index contributed by atoms with van der Waals surface area (Å²) >= 11 is 1.29. The van der Waals surface area contributed by atoms with Crippen LogP contribution in [0.1, 0.15) is 30.9 Å². The van der Waals surface area contributed by atoms with E-state index in [0.29, 0.717) is 28.8 Å². The Kier molecular flexibility index (Phi) is 5.64. The Bertz CT molecular complexity index is 1250. The highest BCUT2D eigenvalue weighted by atomic mass is 32.2. The zero-order chi connectivity index (χ0) is 21.9. The molecular formula is C23H21N5O3S. The standard InChI is InChI=1S/C23H21N5O3S/c1-2-24-22-15-7-3-4-8-16(15)25-23(26-22)32-14-21(29)28-18(20-10-6-12-31-20)13-17(27-28)19-9-5-11-30-19/h3-12,18H,2,13-14H2,1H3,(H,24,25,26). The minimum Gasteiger partial charge on any atom is -0.467 e. The van der Waals surface area contributed by atoms with Crippen molar-refractivity contribution in [3.63, 3.8) is 0 Å². The molecule has 1 aromatic carbocycles. The third kappa shape index (κ3) is 3.99. The lowest BCUT2D eigenvalue weighted by molar-refractivity contribution is -0.130. The van der Waals surface area contributed by atoms with E-state index in [1.165, 1.54) is 16.8 Å². The van der Waals surface area contributed by atoms with Gasteiger partial charge in [0.1, 0.15) is 29.1 Å². The van der Waals surface area contributed by atoms with E-state index >= 15 is 0 Å². The van der Waals surface area contributed by atoms with E-state index in [2.05, 4.69) is 20.4 Å². The molecule has 0 saturated heterocycles. The molecule has 1 atom stereocenters. The van der Waals surface area contributed by atoms with Crippen LogP contribution in [0, 0.1) is 0 Å². The Morgan fingerprint density at radius 3 is 2.75 bits per heavy atom. The van der Waals surface area contributed by atoms with Crippen LogP contribution in [0.15, 0.2) is 80.1 Å². The molecule has 1 unspecified atom stereocenters. The number of nitrogens with zero attached hydrogens (tertiary/aromatic N) is 4. The third-order valence-electron chi connectivity index (χ3n) is 5.09. The number of rotatable bonds is 7. The average molecular weight is 448 g/mol. The van der Waals surface area contributed by atoms with Crippen LogP contribution < -0.4 is 5.32 Å². The molecule has 1 N–H and O–H groups in total. The number of fused-ring (bicyclic) bond motifs is 1. The number of aromatic nitrogens is 2. The zero-order valence-corrected chi connectivity index (χ0v) is 18.2. The molecule has 4 heterocycles. The van der Waals surface area contributed by atoms with Crippen molar-refractivity contribution in [3.8, 4) is 0 Å². The van der Waals surface area contributed by atoms with Gasteiger partial charge in [0.05, 0.1) is 23.8 Å². The van der Waals surface area contributed by atoms with Gasteiger partial charge in [-0.2, -0.15) is 5.10 Å². The first-order valence-corrected chi connectivity index (χ1v) is 11.3. The van der Waals surface area contributed by atoms with Crippen LogP contribution in [0.25, 0.3) is 10.9 Å². The summed E-state index contributed by atoms with van der Waals surface area (Å²) in [5.74, 6) is 2.10. The summed E-state index contributed by atoms with van der Waals surface area (Å²) in [4.78, 5) is 22.4. The smallest absolute Gasteiger partial charge is 0.253 e. The predicted octanol–water partition coefficient (Wildman–Crippen LogP) is 4.72. The topological polar surface area (TPSA) is 96.8 Å². The summed E-state index contributed by atoms with van der Waals surface area (Å²) in [5, 5.41) is 10.8. The molecule has 0 radical (unpaired) electrons. The number of amides is 1. The molecule has 4 aromatic rings. The third-order valence-corrected chi connectivity index (χ3v) is 5.93. The van der Waals surface area contributed by atoms with Gasteiger partial charge in [0, 0.05) is 18.4 Å². The van der Waals surface area contributed by atoms with Gasteiger partial charge in [-0.15, -0.1) is 0 Å². The highest BCUT2D eigenvalue weighted by Crippen LogP contribution is 2.34. The fourth-order valence-corrected chi connectivity index (χ4v) is 4.35. The van der Waals surface area contributed by atoms with Crippen LogP contribution >= 0.6 is 11.8 Å². The lowest BCUT2D eigenvalue weighted by Crippen LogP contribution is -2.28. The Balaban J connectivity index is 1.37. The molecule has 1 amide bonds. The fourth-order valence-electron chi connectivity index (χ4n) is 3.65. The zero-order valence-electron chi connectivity index (χ0n) is 17.4. The largest absolute Gasteiger partial charge is 0.467 e. The van der Waals surface area contributed by atoms with Gasteiger partial charge in [-0.1, -0.05) is 23.9 Å². The number of hydrogen-bond acceptors (Lipinski definition) is 8. The van der Waals surface area contributed by atoms with Crippen molar-refractivity contribution in [1.82, 2.24) is 15.0 Å². The number of hydrogen-bond donors (Lipinski definition) is 1. The SMILES string of the molecule is CCNc1nc(SCC(=O)N2N=C(c3ccco3)CC2c2ccco2)nc2ccccc12. The second-order valence-corrected chi connectivity index (χ2v) is 8.13. The van der Waals surface area contributed by atoms with Crippen LogP contribution in [0.5, 0.6) is 0 Å². The van der Waals surface area contributed by atoms with Crippen molar-refractivity contribution in [2.24, 2.45) is 5.10 Å². The van der Waals surface area contributed by atoms with Crippen molar-refractivity contribution < 1.29 is 13.6 Å². The monoisotopic (exact) mass is 447 g/mol. The van der Waals surface area contributed by atoms with Crippen LogP contribution in [0.3, 0.4) is 0 Å². The van der Waals surface area contributed by atoms with Crippen LogP contribution in [-0.2, 0) is 4.79 Å². The van der Waals surface area contributed by atoms with Gasteiger partial charge in [-0.25, -0.2) is 15.0 Å². The molecule has 0 saturated carbocycles. The number of thioether (sulfide) groups is 1. The van der Waals surface area contributed by atoms with E-state index < -0.39 is 0 Å². The van der Waals surface area contributed by atoms with Gasteiger partial charge >= 0.3 is 0 Å². The Hall–Kier alpha value is -3.59. The molecule has 0 fully saturated rings. The number of carbonyl (C=O) groups is 1. The molecule has 5 rings (SSSR count). The van der Waals surface area contributed by atoms with E-state index in [9.17, 15) is 4.79 Å². The minimum absolute atomic E-state index is 0.149. The lowest BCUT2D eigenvalue weighted by atomic mass is 10.1. The highest BCUT2D eigenvalue weighted by Gasteiger charge is 2.35. The number of benzene rings is 1. The molecule has 9 heteroatoms. The number of para-hydroxylation sites is 1. The van der Waals surface area contributed by atoms with Gasteiger partial charge in [-0.3, -0.25) is 4.79 Å². The maximum atomic E-state index is 13.2. The van der Waals surface area contributed by atoms with E-state index in [1.807, 2.05) is 49.4 Å². The summed E-state index contributed by atoms with van der Waals surface area (Å²) in [7, 11) is 0. The van der Waals surface area contributed by atoms with Gasteiger partial charge < -0.3 is 14.2 Å². The molecular weight excluding hydrogens is 426 g/mol. The highest BCUT2D eigenvalue weighted by molar-refractivity contribution is 7.99. The number of nitrogens with one attached hydrogen (secondary N) is 1. The first-order chi connectivity index (χ1) is 15.7. The molecule has 1 aliphatic rings. The van der Waals surface area contributed by atoms with Crippen molar-refractivity contribution in [2.75, 3.05) is 17.6 Å². The molecule has 162 valence electrons. The number of carbonyl (C=O) groups excluding carboxylic acids is 1. The van der Waals surface area contributed by atoms with Crippen molar-refractivity contribution in [2.45, 2.75) is 24.5 Å². The van der Waals surface area contributed by atoms with Crippen molar-refractivity contribution in [3.05, 3.63) is 72.6 Å². The summed E-state index contributed by atoms with van der Waals surface area (Å²) in [6.45, 7) is 2.76. The summed E-state index contributed by atoms with van der Waals surface area (Å²) < 4.78 is 11.1. The summed E-state index contributed by atoms with van der Waals surface area (Å²) in [6, 6.07) is 14.8. The summed E-state index contributed by atoms with van der Waals surface area (Å²) in [5.41, 5.74) is 1.55. The molecule has 0 bridgehead atoms. The first kappa shape index (κ1) is 20.3. The molecule has 0 spiro atoms. The van der Waals surface area contributed by atoms with Crippen LogP contribution in [0.2, 0.25) is 0 Å². The van der Waals surface area contributed by atoms with Crippen molar-refractivity contribution in [1.29, 1.82) is 0 Å². The minimum atomic E-state index is -0.312. The maximum absolute atomic E-state index is 13.2. The van der Waals surface area contributed by atoms with E-state index in [1.54, 1.807) is 18.6 Å². The molecule has 3 aromatic heterocycles. The number of hydrazone groups is 1. The average Bonchev–Trinajstić information content (AvgIpc) is 3.58. The predicted molar refractivity (Wildman–Crippen MR) is 123 cm³/mol. The molecule has 32 heavy (non-hydrogen) atoms. The number of furan rings is 2. The quantitative estimate of drug-likeness (QED) is 0.323. The van der Waals surface area contributed by atoms with Crippen LogP contribution in [-0.4, -0.2) is 38.9 Å². The Morgan fingerprint density at radius 1 is 1.12 bits per heavy atom. The van der Waals surface area contributed by atoms with Gasteiger partial charge in [-0.05, 0) is 43.3 Å².